The fourth-order valence-electron chi connectivity index (χ4n) is 1.46. The van der Waals surface area contributed by atoms with Crippen LogP contribution < -0.4 is 0 Å². The number of hydrogen-bond acceptors (Lipinski definition) is 3. The Morgan fingerprint density at radius 3 is 2.14 bits per heavy atom. The standard InChI is InChI=1S/C10H23O3P/c1-5-7-8-10(6-2)9-14(11,12-3)13-4/h10H,5-9H2,1-4H3. The number of rotatable bonds is 8. The van der Waals surface area contributed by atoms with E-state index in [9.17, 15) is 4.57 Å². The Kier molecular flexibility index (Phi) is 7.52. The smallest absolute Gasteiger partial charge is 0.312 e. The summed E-state index contributed by atoms with van der Waals surface area (Å²) in [5.41, 5.74) is 0. The Bertz CT molecular complexity index is 174. The van der Waals surface area contributed by atoms with Crippen LogP contribution in [0.4, 0.5) is 0 Å². The van der Waals surface area contributed by atoms with Crippen LogP contribution in [0.2, 0.25) is 0 Å². The molecule has 0 heterocycles. The van der Waals surface area contributed by atoms with E-state index in [2.05, 4.69) is 13.8 Å². The van der Waals surface area contributed by atoms with Crippen molar-refractivity contribution >= 4 is 7.60 Å². The van der Waals surface area contributed by atoms with Crippen molar-refractivity contribution in [3.63, 3.8) is 0 Å². The van der Waals surface area contributed by atoms with Gasteiger partial charge in [0, 0.05) is 14.2 Å². The molecule has 86 valence electrons. The zero-order chi connectivity index (χ0) is 11.0. The van der Waals surface area contributed by atoms with Crippen LogP contribution in [-0.4, -0.2) is 20.4 Å². The highest BCUT2D eigenvalue weighted by Gasteiger charge is 2.25. The minimum Gasteiger partial charge on any atom is -0.312 e. The first-order valence-electron chi connectivity index (χ1n) is 5.32. The van der Waals surface area contributed by atoms with Crippen molar-refractivity contribution in [2.24, 2.45) is 5.92 Å². The molecule has 0 N–H and O–H groups in total. The summed E-state index contributed by atoms with van der Waals surface area (Å²) >= 11 is 0. The first kappa shape index (κ1) is 14.2. The van der Waals surface area contributed by atoms with Gasteiger partial charge in [-0.2, -0.15) is 0 Å². The monoisotopic (exact) mass is 222 g/mol. The van der Waals surface area contributed by atoms with Crippen molar-refractivity contribution in [1.29, 1.82) is 0 Å². The summed E-state index contributed by atoms with van der Waals surface area (Å²) in [5.74, 6) is 0.459. The summed E-state index contributed by atoms with van der Waals surface area (Å²) in [6.07, 6.45) is 5.07. The second kappa shape index (κ2) is 7.44. The molecule has 0 radical (unpaired) electrons. The predicted octanol–water partition coefficient (Wildman–Crippen LogP) is 3.69. The fraction of sp³-hybridized carbons (Fsp3) is 1.00. The minimum atomic E-state index is -2.79. The zero-order valence-electron chi connectivity index (χ0n) is 9.78. The molecule has 4 heteroatoms. The molecule has 0 bridgehead atoms. The molecular weight excluding hydrogens is 199 g/mol. The van der Waals surface area contributed by atoms with Crippen molar-refractivity contribution in [3.8, 4) is 0 Å². The van der Waals surface area contributed by atoms with E-state index in [1.165, 1.54) is 27.1 Å². The van der Waals surface area contributed by atoms with E-state index in [1.54, 1.807) is 0 Å². The van der Waals surface area contributed by atoms with Gasteiger partial charge in [0.15, 0.2) is 0 Å². The van der Waals surface area contributed by atoms with Crippen LogP contribution in [0.25, 0.3) is 0 Å². The SMILES string of the molecule is CCCCC(CC)CP(=O)(OC)OC. The Balaban J connectivity index is 4.08. The highest BCUT2D eigenvalue weighted by atomic mass is 31.2. The molecule has 0 aromatic rings. The highest BCUT2D eigenvalue weighted by molar-refractivity contribution is 7.53. The summed E-state index contributed by atoms with van der Waals surface area (Å²) in [5, 5.41) is 0. The van der Waals surface area contributed by atoms with Gasteiger partial charge in [0.05, 0.1) is 6.16 Å². The molecular formula is C10H23O3P. The predicted molar refractivity (Wildman–Crippen MR) is 59.8 cm³/mol. The maximum atomic E-state index is 11.8. The van der Waals surface area contributed by atoms with Gasteiger partial charge < -0.3 is 9.05 Å². The first-order chi connectivity index (χ1) is 6.61. The van der Waals surface area contributed by atoms with Gasteiger partial charge in [-0.25, -0.2) is 0 Å². The average molecular weight is 222 g/mol. The van der Waals surface area contributed by atoms with Crippen molar-refractivity contribution < 1.29 is 13.6 Å². The Morgan fingerprint density at radius 1 is 1.21 bits per heavy atom. The van der Waals surface area contributed by atoms with Crippen LogP contribution in [0.5, 0.6) is 0 Å². The highest BCUT2D eigenvalue weighted by Crippen LogP contribution is 2.49. The summed E-state index contributed by atoms with van der Waals surface area (Å²) in [7, 11) is 0.116. The van der Waals surface area contributed by atoms with Crippen molar-refractivity contribution in [2.75, 3.05) is 20.4 Å². The molecule has 0 spiro atoms. The lowest BCUT2D eigenvalue weighted by Gasteiger charge is -2.19. The summed E-state index contributed by atoms with van der Waals surface area (Å²) in [6.45, 7) is 4.29. The second-order valence-electron chi connectivity index (χ2n) is 3.58. The Morgan fingerprint density at radius 2 is 1.79 bits per heavy atom. The minimum absolute atomic E-state index is 0.459. The van der Waals surface area contributed by atoms with Gasteiger partial charge >= 0.3 is 7.60 Å². The molecule has 0 amide bonds. The molecule has 14 heavy (non-hydrogen) atoms. The molecule has 0 saturated heterocycles. The maximum Gasteiger partial charge on any atom is 0.330 e. The maximum absolute atomic E-state index is 11.8. The molecule has 0 aromatic heterocycles. The van der Waals surface area contributed by atoms with Crippen LogP contribution in [0.1, 0.15) is 39.5 Å². The van der Waals surface area contributed by atoms with Gasteiger partial charge in [0.1, 0.15) is 0 Å². The third kappa shape index (κ3) is 5.14. The fourth-order valence-corrected chi connectivity index (χ4v) is 2.98. The quantitative estimate of drug-likeness (QED) is 0.587. The van der Waals surface area contributed by atoms with Crippen LogP contribution in [-0.2, 0) is 13.6 Å². The van der Waals surface area contributed by atoms with Gasteiger partial charge in [-0.3, -0.25) is 4.57 Å². The van der Waals surface area contributed by atoms with Gasteiger partial charge in [-0.15, -0.1) is 0 Å². The lowest BCUT2D eigenvalue weighted by molar-refractivity contribution is 0.267. The largest absolute Gasteiger partial charge is 0.330 e. The summed E-state index contributed by atoms with van der Waals surface area (Å²) in [6, 6.07) is 0. The van der Waals surface area contributed by atoms with Crippen LogP contribution in [0.15, 0.2) is 0 Å². The summed E-state index contributed by atoms with van der Waals surface area (Å²) < 4.78 is 21.7. The number of unbranched alkanes of at least 4 members (excludes halogenated alkanes) is 1. The van der Waals surface area contributed by atoms with Crippen molar-refractivity contribution in [2.45, 2.75) is 39.5 Å². The molecule has 0 aromatic carbocycles. The molecule has 0 saturated carbocycles. The molecule has 0 aliphatic heterocycles. The van der Waals surface area contributed by atoms with E-state index in [4.69, 9.17) is 9.05 Å². The molecule has 0 aliphatic rings. The van der Waals surface area contributed by atoms with E-state index < -0.39 is 7.60 Å². The van der Waals surface area contributed by atoms with Crippen LogP contribution in [0, 0.1) is 5.92 Å². The Hall–Kier alpha value is 0.150. The van der Waals surface area contributed by atoms with E-state index >= 15 is 0 Å². The second-order valence-corrected chi connectivity index (χ2v) is 5.89. The van der Waals surface area contributed by atoms with Gasteiger partial charge in [-0.05, 0) is 12.3 Å². The van der Waals surface area contributed by atoms with Gasteiger partial charge in [0.2, 0.25) is 0 Å². The topological polar surface area (TPSA) is 35.5 Å². The van der Waals surface area contributed by atoms with Crippen molar-refractivity contribution in [1.82, 2.24) is 0 Å². The number of hydrogen-bond donors (Lipinski definition) is 0. The third-order valence-corrected chi connectivity index (χ3v) is 4.66. The van der Waals surface area contributed by atoms with E-state index in [0.717, 1.165) is 12.8 Å². The normalized spacial score (nSPS) is 14.3. The van der Waals surface area contributed by atoms with Gasteiger partial charge in [0.25, 0.3) is 0 Å². The molecule has 1 atom stereocenters. The lowest BCUT2D eigenvalue weighted by atomic mass is 10.0. The first-order valence-corrected chi connectivity index (χ1v) is 7.05. The van der Waals surface area contributed by atoms with Crippen LogP contribution in [0.3, 0.4) is 0 Å². The average Bonchev–Trinajstić information content (AvgIpc) is 2.23. The molecule has 1 unspecified atom stereocenters. The van der Waals surface area contributed by atoms with E-state index in [1.807, 2.05) is 0 Å². The summed E-state index contributed by atoms with van der Waals surface area (Å²) in [4.78, 5) is 0. The lowest BCUT2D eigenvalue weighted by Crippen LogP contribution is -2.08. The molecule has 0 aliphatic carbocycles. The van der Waals surface area contributed by atoms with Crippen LogP contribution >= 0.6 is 7.60 Å². The third-order valence-electron chi connectivity index (χ3n) is 2.58. The molecule has 3 nitrogen and oxygen atoms in total. The Labute approximate surface area is 87.7 Å². The molecule has 0 rings (SSSR count). The van der Waals surface area contributed by atoms with Crippen molar-refractivity contribution in [3.05, 3.63) is 0 Å². The van der Waals surface area contributed by atoms with Gasteiger partial charge in [-0.1, -0.05) is 33.1 Å². The zero-order valence-corrected chi connectivity index (χ0v) is 10.7. The van der Waals surface area contributed by atoms with E-state index in [-0.39, 0.29) is 0 Å². The molecule has 0 fully saturated rings. The van der Waals surface area contributed by atoms with E-state index in [0.29, 0.717) is 12.1 Å².